The Labute approximate surface area is 168 Å². The average Bonchev–Trinajstić information content (AvgIpc) is 3.16. The summed E-state index contributed by atoms with van der Waals surface area (Å²) in [5.74, 6) is 0. The molecule has 8 nitrogen and oxygen atoms in total. The van der Waals surface area contributed by atoms with E-state index in [4.69, 9.17) is 9.37 Å². The summed E-state index contributed by atoms with van der Waals surface area (Å²) < 4.78 is 10.7. The van der Waals surface area contributed by atoms with Crippen molar-refractivity contribution in [1.82, 2.24) is 10.3 Å². The van der Waals surface area contributed by atoms with Crippen LogP contribution in [0.3, 0.4) is 0 Å². The van der Waals surface area contributed by atoms with Gasteiger partial charge in [0, 0.05) is 12.6 Å². The molecule has 1 aliphatic rings. The first kappa shape index (κ1) is 19.3. The Bertz CT molecular complexity index is 1020. The molecule has 1 aliphatic heterocycles. The van der Waals surface area contributed by atoms with E-state index in [1.807, 2.05) is 30.3 Å². The quantitative estimate of drug-likeness (QED) is 0.457. The average molecular weight is 396 g/mol. The van der Waals surface area contributed by atoms with Crippen LogP contribution in [0.4, 0.5) is 11.4 Å². The van der Waals surface area contributed by atoms with Crippen molar-refractivity contribution in [2.45, 2.75) is 51.3 Å². The number of rotatable bonds is 5. The second kappa shape index (κ2) is 7.44. The third-order valence-electron chi connectivity index (χ3n) is 5.60. The Morgan fingerprint density at radius 2 is 1.97 bits per heavy atom. The van der Waals surface area contributed by atoms with Gasteiger partial charge in [0.1, 0.15) is 11.2 Å². The fourth-order valence-corrected chi connectivity index (χ4v) is 4.27. The maximum absolute atomic E-state index is 12.1. The SMILES string of the molecule is CC(c1ccccc1)N(c1ccc2nonc2c1[N+](=O)[O-])C1CCOC(C)(C)C1. The summed E-state index contributed by atoms with van der Waals surface area (Å²) in [7, 11) is 0. The lowest BCUT2D eigenvalue weighted by Gasteiger charge is -2.44. The van der Waals surface area contributed by atoms with Gasteiger partial charge in [0.2, 0.25) is 5.52 Å². The molecule has 0 amide bonds. The van der Waals surface area contributed by atoms with Crippen LogP contribution in [0, 0.1) is 10.1 Å². The van der Waals surface area contributed by atoms with Gasteiger partial charge in [0.15, 0.2) is 0 Å². The minimum Gasteiger partial charge on any atom is -0.375 e. The standard InChI is InChI=1S/C21H24N4O4/c1-14(15-7-5-4-6-8-15)24(16-11-12-28-21(2,3)13-16)18-10-9-17-19(23-29-22-17)20(18)25(26)27/h4-10,14,16H,11-13H2,1-3H3. The predicted octanol–water partition coefficient (Wildman–Crippen LogP) is 4.66. The molecule has 0 N–H and O–H groups in total. The highest BCUT2D eigenvalue weighted by Gasteiger charge is 2.38. The largest absolute Gasteiger partial charge is 0.375 e. The van der Waals surface area contributed by atoms with E-state index in [9.17, 15) is 10.1 Å². The summed E-state index contributed by atoms with van der Waals surface area (Å²) in [5, 5.41) is 19.6. The van der Waals surface area contributed by atoms with Crippen LogP contribution in [0.15, 0.2) is 47.1 Å². The van der Waals surface area contributed by atoms with Crippen molar-refractivity contribution in [3.05, 3.63) is 58.1 Å². The van der Waals surface area contributed by atoms with Crippen molar-refractivity contribution in [2.24, 2.45) is 0 Å². The Hall–Kier alpha value is -3.00. The third kappa shape index (κ3) is 3.67. The lowest BCUT2D eigenvalue weighted by Crippen LogP contribution is -2.47. The van der Waals surface area contributed by atoms with Crippen LogP contribution in [0.2, 0.25) is 0 Å². The van der Waals surface area contributed by atoms with E-state index in [-0.39, 0.29) is 28.9 Å². The van der Waals surface area contributed by atoms with Gasteiger partial charge in [0.05, 0.1) is 16.6 Å². The number of nitrogens with zero attached hydrogens (tertiary/aromatic N) is 4. The number of hydrogen-bond donors (Lipinski definition) is 0. The molecular weight excluding hydrogens is 372 g/mol. The molecule has 2 heterocycles. The van der Waals surface area contributed by atoms with Crippen LogP contribution in [-0.4, -0.2) is 33.5 Å². The maximum Gasteiger partial charge on any atom is 0.323 e. The lowest BCUT2D eigenvalue weighted by molar-refractivity contribution is -0.382. The summed E-state index contributed by atoms with van der Waals surface area (Å²) in [6, 6.07) is 13.5. The number of nitro groups is 1. The fourth-order valence-electron chi connectivity index (χ4n) is 4.27. The molecule has 0 bridgehead atoms. The second-order valence-corrected chi connectivity index (χ2v) is 8.07. The zero-order valence-electron chi connectivity index (χ0n) is 16.7. The molecule has 152 valence electrons. The van der Waals surface area contributed by atoms with Crippen LogP contribution < -0.4 is 4.90 Å². The Morgan fingerprint density at radius 3 is 2.66 bits per heavy atom. The van der Waals surface area contributed by atoms with Crippen LogP contribution in [0.25, 0.3) is 11.0 Å². The van der Waals surface area contributed by atoms with Crippen LogP contribution in [-0.2, 0) is 4.74 Å². The Morgan fingerprint density at radius 1 is 1.21 bits per heavy atom. The van der Waals surface area contributed by atoms with Crippen LogP contribution in [0.1, 0.15) is 45.2 Å². The highest BCUT2D eigenvalue weighted by atomic mass is 16.6. The third-order valence-corrected chi connectivity index (χ3v) is 5.60. The normalized spacial score (nSPS) is 19.8. The van der Waals surface area contributed by atoms with Crippen molar-refractivity contribution < 1.29 is 14.3 Å². The van der Waals surface area contributed by atoms with Gasteiger partial charge >= 0.3 is 5.69 Å². The molecular formula is C21H24N4O4. The van der Waals surface area contributed by atoms with Gasteiger partial charge in [-0.05, 0) is 61.6 Å². The zero-order valence-corrected chi connectivity index (χ0v) is 16.7. The molecule has 0 saturated carbocycles. The minimum atomic E-state index is -0.392. The number of benzene rings is 2. The van der Waals surface area contributed by atoms with Crippen LogP contribution >= 0.6 is 0 Å². The number of aromatic nitrogens is 2. The number of ether oxygens (including phenoxy) is 1. The number of anilines is 1. The number of fused-ring (bicyclic) bond motifs is 1. The molecule has 4 rings (SSSR count). The van der Waals surface area contributed by atoms with Crippen LogP contribution in [0.5, 0.6) is 0 Å². The molecule has 3 aromatic rings. The van der Waals surface area contributed by atoms with Crippen molar-refractivity contribution in [3.8, 4) is 0 Å². The van der Waals surface area contributed by atoms with E-state index in [0.717, 1.165) is 18.4 Å². The molecule has 29 heavy (non-hydrogen) atoms. The summed E-state index contributed by atoms with van der Waals surface area (Å²) >= 11 is 0. The van der Waals surface area contributed by atoms with E-state index in [1.54, 1.807) is 12.1 Å². The predicted molar refractivity (Wildman–Crippen MR) is 109 cm³/mol. The van der Waals surface area contributed by atoms with Crippen molar-refractivity contribution in [1.29, 1.82) is 0 Å². The zero-order chi connectivity index (χ0) is 20.6. The molecule has 8 heteroatoms. The van der Waals surface area contributed by atoms with Crippen molar-refractivity contribution in [3.63, 3.8) is 0 Å². The number of nitro benzene ring substituents is 1. The second-order valence-electron chi connectivity index (χ2n) is 8.07. The molecule has 2 unspecified atom stereocenters. The fraction of sp³-hybridized carbons (Fsp3) is 0.429. The summed E-state index contributed by atoms with van der Waals surface area (Å²) in [6.45, 7) is 6.80. The van der Waals surface area contributed by atoms with Gasteiger partial charge in [-0.1, -0.05) is 30.3 Å². The summed E-state index contributed by atoms with van der Waals surface area (Å²) in [4.78, 5) is 13.8. The van der Waals surface area contributed by atoms with Gasteiger partial charge in [-0.2, -0.15) is 0 Å². The van der Waals surface area contributed by atoms with Gasteiger partial charge < -0.3 is 9.64 Å². The smallest absolute Gasteiger partial charge is 0.323 e. The van der Waals surface area contributed by atoms with Crippen molar-refractivity contribution in [2.75, 3.05) is 11.5 Å². The molecule has 0 aliphatic carbocycles. The molecule has 2 atom stereocenters. The molecule has 0 spiro atoms. The summed E-state index contributed by atoms with van der Waals surface area (Å²) in [6.07, 6.45) is 1.54. The van der Waals surface area contributed by atoms with E-state index in [1.165, 1.54) is 0 Å². The highest BCUT2D eigenvalue weighted by Crippen LogP contribution is 2.42. The van der Waals surface area contributed by atoms with Gasteiger partial charge in [-0.3, -0.25) is 10.1 Å². The van der Waals surface area contributed by atoms with Crippen molar-refractivity contribution >= 4 is 22.4 Å². The van der Waals surface area contributed by atoms with E-state index in [2.05, 4.69) is 36.0 Å². The summed E-state index contributed by atoms with van der Waals surface area (Å²) in [5.41, 5.74) is 1.79. The lowest BCUT2D eigenvalue weighted by atomic mass is 9.90. The number of hydrogen-bond acceptors (Lipinski definition) is 7. The first-order chi connectivity index (χ1) is 13.9. The van der Waals surface area contributed by atoms with E-state index >= 15 is 0 Å². The first-order valence-corrected chi connectivity index (χ1v) is 9.74. The maximum atomic E-state index is 12.1. The molecule has 1 aromatic heterocycles. The van der Waals surface area contributed by atoms with Gasteiger partial charge in [-0.15, -0.1) is 0 Å². The molecule has 2 aromatic carbocycles. The Kier molecular flexibility index (Phi) is 4.96. The monoisotopic (exact) mass is 396 g/mol. The topological polar surface area (TPSA) is 94.5 Å². The molecule has 1 saturated heterocycles. The molecule has 1 fully saturated rings. The van der Waals surface area contributed by atoms with Gasteiger partial charge in [-0.25, -0.2) is 4.63 Å². The van der Waals surface area contributed by atoms with E-state index < -0.39 is 4.92 Å². The Balaban J connectivity index is 1.88. The van der Waals surface area contributed by atoms with Gasteiger partial charge in [0.25, 0.3) is 0 Å². The molecule has 0 radical (unpaired) electrons. The minimum absolute atomic E-state index is 0.0733. The highest BCUT2D eigenvalue weighted by molar-refractivity contribution is 5.91. The first-order valence-electron chi connectivity index (χ1n) is 9.74. The van der Waals surface area contributed by atoms with E-state index in [0.29, 0.717) is 17.8 Å².